The van der Waals surface area contributed by atoms with Crippen LogP contribution in [-0.2, 0) is 9.59 Å². The zero-order valence-corrected chi connectivity index (χ0v) is 18.5. The fourth-order valence-corrected chi connectivity index (χ4v) is 8.03. The van der Waals surface area contributed by atoms with Crippen LogP contribution < -0.4 is 10.6 Å². The molecule has 2 heterocycles. The SMILES string of the molecule is CC(C)(C)NC(=O)CN1[C@@H]2CC[C@H]1C[C@H](CC(=O)NC13CC4CC(CC1C4)C3)C2. The van der Waals surface area contributed by atoms with Crippen LogP contribution in [0.3, 0.4) is 0 Å². The number of carbonyl (C=O) groups is 2. The average Bonchev–Trinajstić information content (AvgIpc) is 3.05. The van der Waals surface area contributed by atoms with Gasteiger partial charge < -0.3 is 10.6 Å². The molecule has 0 radical (unpaired) electrons. The predicted octanol–water partition coefficient (Wildman–Crippen LogP) is 3.23. The van der Waals surface area contributed by atoms with Crippen LogP contribution in [-0.4, -0.2) is 46.4 Å². The van der Waals surface area contributed by atoms with Crippen molar-refractivity contribution in [1.82, 2.24) is 15.5 Å². The standard InChI is InChI=1S/C24H39N3O2/c1-23(2,3)25-22(29)14-27-19-4-5-20(27)10-15(9-19)11-21(28)26-24-12-16-6-17(13-24)8-18(24)7-16/h15-20H,4-14H2,1-3H3,(H,25,29)(H,26,28)/t15-,16?,17?,18?,19-,20+,24?. The van der Waals surface area contributed by atoms with Gasteiger partial charge in [-0.1, -0.05) is 0 Å². The average molecular weight is 402 g/mol. The van der Waals surface area contributed by atoms with E-state index in [4.69, 9.17) is 0 Å². The van der Waals surface area contributed by atoms with Gasteiger partial charge in [-0.2, -0.15) is 0 Å². The number of nitrogens with zero attached hydrogens (tertiary/aromatic N) is 1. The largest absolute Gasteiger partial charge is 0.350 e. The highest BCUT2D eigenvalue weighted by Crippen LogP contribution is 2.60. The molecule has 5 nitrogen and oxygen atoms in total. The van der Waals surface area contributed by atoms with Crippen molar-refractivity contribution in [2.75, 3.05) is 6.54 Å². The van der Waals surface area contributed by atoms with Gasteiger partial charge in [-0.15, -0.1) is 0 Å². The molecule has 6 aliphatic rings. The lowest BCUT2D eigenvalue weighted by Gasteiger charge is -2.39. The molecular formula is C24H39N3O2. The molecule has 4 saturated carbocycles. The highest BCUT2D eigenvalue weighted by molar-refractivity contribution is 5.79. The van der Waals surface area contributed by atoms with Crippen molar-refractivity contribution in [3.05, 3.63) is 0 Å². The molecule has 162 valence electrons. The number of nitrogens with one attached hydrogen (secondary N) is 2. The first-order valence-corrected chi connectivity index (χ1v) is 12.1. The van der Waals surface area contributed by atoms with Gasteiger partial charge in [0.25, 0.3) is 0 Å². The van der Waals surface area contributed by atoms with Crippen molar-refractivity contribution in [3.63, 3.8) is 0 Å². The van der Waals surface area contributed by atoms with Crippen molar-refractivity contribution in [1.29, 1.82) is 0 Å². The summed E-state index contributed by atoms with van der Waals surface area (Å²) in [5.74, 6) is 3.45. The Morgan fingerprint density at radius 2 is 1.55 bits per heavy atom. The highest BCUT2D eigenvalue weighted by Gasteiger charge is 2.58. The maximum atomic E-state index is 13.0. The van der Waals surface area contributed by atoms with Crippen LogP contribution >= 0.6 is 0 Å². The summed E-state index contributed by atoms with van der Waals surface area (Å²) in [6, 6.07) is 0.961. The summed E-state index contributed by atoms with van der Waals surface area (Å²) in [5.41, 5.74) is -0.0136. The highest BCUT2D eigenvalue weighted by atomic mass is 16.2. The van der Waals surface area contributed by atoms with E-state index in [-0.39, 0.29) is 17.0 Å². The summed E-state index contributed by atoms with van der Waals surface area (Å²) in [4.78, 5) is 27.8. The molecule has 5 heteroatoms. The molecule has 0 aromatic heterocycles. The number of rotatable bonds is 5. The third-order valence-electron chi connectivity index (χ3n) is 8.67. The number of piperidine rings is 1. The summed E-state index contributed by atoms with van der Waals surface area (Å²) < 4.78 is 0. The molecule has 0 aromatic carbocycles. The monoisotopic (exact) mass is 401 g/mol. The third kappa shape index (κ3) is 3.84. The summed E-state index contributed by atoms with van der Waals surface area (Å²) in [6.07, 6.45) is 11.8. The first-order valence-electron chi connectivity index (χ1n) is 12.1. The van der Waals surface area contributed by atoms with Crippen molar-refractivity contribution in [2.45, 2.75) is 108 Å². The van der Waals surface area contributed by atoms with Gasteiger partial charge in [0.2, 0.25) is 11.8 Å². The van der Waals surface area contributed by atoms with E-state index in [9.17, 15) is 9.59 Å². The van der Waals surface area contributed by atoms with Gasteiger partial charge in [0, 0.05) is 29.6 Å². The summed E-state index contributed by atoms with van der Waals surface area (Å²) in [6.45, 7) is 6.62. The molecule has 2 aliphatic heterocycles. The van der Waals surface area contributed by atoms with E-state index in [1.807, 2.05) is 20.8 Å². The fraction of sp³-hybridized carbons (Fsp3) is 0.917. The second kappa shape index (κ2) is 6.96. The van der Waals surface area contributed by atoms with Crippen LogP contribution in [0, 0.1) is 23.7 Å². The second-order valence-corrected chi connectivity index (χ2v) is 12.1. The van der Waals surface area contributed by atoms with Crippen molar-refractivity contribution >= 4 is 11.8 Å². The first kappa shape index (κ1) is 19.8. The van der Waals surface area contributed by atoms with Crippen LogP contribution in [0.25, 0.3) is 0 Å². The van der Waals surface area contributed by atoms with E-state index in [1.165, 1.54) is 44.9 Å². The maximum absolute atomic E-state index is 13.0. The Morgan fingerprint density at radius 3 is 2.14 bits per heavy atom. The second-order valence-electron chi connectivity index (χ2n) is 12.1. The lowest BCUT2D eigenvalue weighted by molar-refractivity contribution is -0.127. The van der Waals surface area contributed by atoms with Gasteiger partial charge in [0.05, 0.1) is 6.54 Å². The molecule has 2 unspecified atom stereocenters. The van der Waals surface area contributed by atoms with Gasteiger partial charge in [-0.3, -0.25) is 14.5 Å². The molecule has 2 saturated heterocycles. The van der Waals surface area contributed by atoms with Crippen LogP contribution in [0.1, 0.15) is 85.0 Å². The fourth-order valence-electron chi connectivity index (χ4n) is 8.03. The van der Waals surface area contributed by atoms with E-state index in [0.29, 0.717) is 36.9 Å². The third-order valence-corrected chi connectivity index (χ3v) is 8.67. The van der Waals surface area contributed by atoms with Gasteiger partial charge in [-0.25, -0.2) is 0 Å². The summed E-state index contributed by atoms with van der Waals surface area (Å²) in [7, 11) is 0. The van der Waals surface area contributed by atoms with E-state index in [2.05, 4.69) is 15.5 Å². The Hall–Kier alpha value is -1.10. The Kier molecular flexibility index (Phi) is 4.76. The molecule has 29 heavy (non-hydrogen) atoms. The van der Waals surface area contributed by atoms with Crippen molar-refractivity contribution in [2.24, 2.45) is 23.7 Å². The normalized spacial score (nSPS) is 43.0. The smallest absolute Gasteiger partial charge is 0.234 e. The van der Waals surface area contributed by atoms with Gasteiger partial charge >= 0.3 is 0 Å². The maximum Gasteiger partial charge on any atom is 0.234 e. The van der Waals surface area contributed by atoms with Crippen LogP contribution in [0.4, 0.5) is 0 Å². The Balaban J connectivity index is 1.14. The quantitative estimate of drug-likeness (QED) is 0.743. The molecule has 2 amide bonds. The number of fused-ring (bicyclic) bond motifs is 2. The molecule has 5 atom stereocenters. The molecule has 4 aliphatic carbocycles. The Morgan fingerprint density at radius 1 is 0.931 bits per heavy atom. The number of hydrogen-bond donors (Lipinski definition) is 2. The zero-order chi connectivity index (χ0) is 20.4. The van der Waals surface area contributed by atoms with Gasteiger partial charge in [-0.05, 0) is 102 Å². The van der Waals surface area contributed by atoms with Crippen LogP contribution in [0.2, 0.25) is 0 Å². The van der Waals surface area contributed by atoms with E-state index < -0.39 is 0 Å². The molecule has 0 spiro atoms. The number of hydrogen-bond acceptors (Lipinski definition) is 3. The minimum Gasteiger partial charge on any atom is -0.350 e. The van der Waals surface area contributed by atoms with Crippen LogP contribution in [0.15, 0.2) is 0 Å². The molecule has 6 rings (SSSR count). The predicted molar refractivity (Wildman–Crippen MR) is 113 cm³/mol. The van der Waals surface area contributed by atoms with Crippen LogP contribution in [0.5, 0.6) is 0 Å². The molecule has 6 bridgehead atoms. The molecular weight excluding hydrogens is 362 g/mol. The van der Waals surface area contributed by atoms with Crippen molar-refractivity contribution in [3.8, 4) is 0 Å². The van der Waals surface area contributed by atoms with E-state index >= 15 is 0 Å². The first-order chi connectivity index (χ1) is 13.7. The number of carbonyl (C=O) groups excluding carboxylic acids is 2. The molecule has 2 N–H and O–H groups in total. The topological polar surface area (TPSA) is 61.4 Å². The van der Waals surface area contributed by atoms with Crippen molar-refractivity contribution < 1.29 is 9.59 Å². The van der Waals surface area contributed by atoms with Gasteiger partial charge in [0.1, 0.15) is 0 Å². The minimum absolute atomic E-state index is 0.136. The summed E-state index contributed by atoms with van der Waals surface area (Å²) >= 11 is 0. The Labute approximate surface area is 175 Å². The molecule has 6 fully saturated rings. The van der Waals surface area contributed by atoms with E-state index in [1.54, 1.807) is 0 Å². The summed E-state index contributed by atoms with van der Waals surface area (Å²) in [5, 5.41) is 6.67. The lowest BCUT2D eigenvalue weighted by Crippen LogP contribution is -2.52. The lowest BCUT2D eigenvalue weighted by atomic mass is 9.80. The van der Waals surface area contributed by atoms with E-state index in [0.717, 1.165) is 30.6 Å². The minimum atomic E-state index is -0.176. The molecule has 0 aromatic rings. The zero-order valence-electron chi connectivity index (χ0n) is 18.5. The number of amides is 2. The Bertz CT molecular complexity index is 656. The van der Waals surface area contributed by atoms with Gasteiger partial charge in [0.15, 0.2) is 0 Å².